The molecule has 0 saturated heterocycles. The van der Waals surface area contributed by atoms with Gasteiger partial charge in [-0.05, 0) is 36.3 Å². The van der Waals surface area contributed by atoms with Crippen molar-refractivity contribution in [2.75, 3.05) is 14.2 Å². The lowest BCUT2D eigenvalue weighted by Crippen LogP contribution is -2.44. The molecule has 1 aromatic carbocycles. The smallest absolute Gasteiger partial charge is 0.280 e. The second kappa shape index (κ2) is 6.38. The molecule has 0 aromatic heterocycles. The zero-order chi connectivity index (χ0) is 16.4. The molecule has 0 saturated carbocycles. The maximum atomic E-state index is 12.4. The molecule has 0 aliphatic rings. The van der Waals surface area contributed by atoms with E-state index < -0.39 is 8.32 Å². The Labute approximate surface area is 133 Å². The van der Waals surface area contributed by atoms with E-state index >= 15 is 0 Å². The first-order chi connectivity index (χ1) is 9.49. The fourth-order valence-electron chi connectivity index (χ4n) is 1.44. The minimum atomic E-state index is -2.04. The largest absolute Gasteiger partial charge is 0.543 e. The molecular formula is C15H24ClNO3Si. The van der Waals surface area contributed by atoms with Crippen molar-refractivity contribution in [2.24, 2.45) is 0 Å². The van der Waals surface area contributed by atoms with E-state index in [1.54, 1.807) is 25.2 Å². The molecular weight excluding hydrogens is 306 g/mol. The normalized spacial score (nSPS) is 12.2. The molecule has 0 spiro atoms. The van der Waals surface area contributed by atoms with E-state index in [2.05, 4.69) is 33.9 Å². The van der Waals surface area contributed by atoms with E-state index in [1.165, 1.54) is 7.11 Å². The Morgan fingerprint density at radius 1 is 1.29 bits per heavy atom. The lowest BCUT2D eigenvalue weighted by atomic mass is 10.2. The van der Waals surface area contributed by atoms with Crippen LogP contribution < -0.4 is 4.43 Å². The van der Waals surface area contributed by atoms with E-state index in [0.29, 0.717) is 16.3 Å². The molecule has 1 aromatic rings. The first kappa shape index (κ1) is 18.0. The van der Waals surface area contributed by atoms with Crippen LogP contribution in [0.4, 0.5) is 0 Å². The molecule has 1 amide bonds. The number of carbonyl (C=O) groups excluding carboxylic acids is 1. The SMILES string of the molecule is CON(C)C(=O)c1cc(Cl)ccc1O[Si](C)(C)C(C)(C)C. The summed E-state index contributed by atoms with van der Waals surface area (Å²) in [5.74, 6) is 0.272. The Balaban J connectivity index is 3.23. The van der Waals surface area contributed by atoms with E-state index in [-0.39, 0.29) is 10.9 Å². The standard InChI is InChI=1S/C15H24ClNO3Si/c1-15(2,3)21(6,7)20-13-9-8-11(16)10-12(13)14(18)17(4)19-5/h8-10H,1-7H3. The second-order valence-corrected chi connectivity index (χ2v) is 11.6. The van der Waals surface area contributed by atoms with Crippen LogP contribution in [0.15, 0.2) is 18.2 Å². The predicted octanol–water partition coefficient (Wildman–Crippen LogP) is 4.36. The van der Waals surface area contributed by atoms with E-state index in [9.17, 15) is 4.79 Å². The topological polar surface area (TPSA) is 38.8 Å². The van der Waals surface area contributed by atoms with Crippen molar-refractivity contribution < 1.29 is 14.1 Å². The number of benzene rings is 1. The fraction of sp³-hybridized carbons (Fsp3) is 0.533. The summed E-state index contributed by atoms with van der Waals surface area (Å²) in [6, 6.07) is 5.09. The number of rotatable bonds is 4. The summed E-state index contributed by atoms with van der Waals surface area (Å²) in [4.78, 5) is 17.3. The van der Waals surface area contributed by atoms with Gasteiger partial charge in [-0.25, -0.2) is 5.06 Å². The third-order valence-electron chi connectivity index (χ3n) is 3.90. The average Bonchev–Trinajstić information content (AvgIpc) is 2.37. The highest BCUT2D eigenvalue weighted by molar-refractivity contribution is 6.74. The van der Waals surface area contributed by atoms with Gasteiger partial charge < -0.3 is 4.43 Å². The molecule has 0 fully saturated rings. The van der Waals surface area contributed by atoms with Gasteiger partial charge in [0.2, 0.25) is 0 Å². The maximum Gasteiger partial charge on any atom is 0.280 e. The van der Waals surface area contributed by atoms with Crippen molar-refractivity contribution in [2.45, 2.75) is 38.9 Å². The highest BCUT2D eigenvalue weighted by Gasteiger charge is 2.39. The zero-order valence-corrected chi connectivity index (χ0v) is 15.5. The van der Waals surface area contributed by atoms with Crippen LogP contribution in [0.25, 0.3) is 0 Å². The molecule has 6 heteroatoms. The zero-order valence-electron chi connectivity index (χ0n) is 13.8. The van der Waals surface area contributed by atoms with Gasteiger partial charge >= 0.3 is 0 Å². The number of carbonyl (C=O) groups is 1. The van der Waals surface area contributed by atoms with Crippen LogP contribution in [0, 0.1) is 0 Å². The molecule has 0 aliphatic heterocycles. The predicted molar refractivity (Wildman–Crippen MR) is 88.4 cm³/mol. The summed E-state index contributed by atoms with van der Waals surface area (Å²) in [5.41, 5.74) is 0.414. The van der Waals surface area contributed by atoms with Gasteiger partial charge in [0.25, 0.3) is 14.2 Å². The lowest BCUT2D eigenvalue weighted by molar-refractivity contribution is -0.0757. The molecule has 0 bridgehead atoms. The molecule has 21 heavy (non-hydrogen) atoms. The van der Waals surface area contributed by atoms with Crippen molar-refractivity contribution in [1.82, 2.24) is 5.06 Å². The van der Waals surface area contributed by atoms with Gasteiger partial charge in [0.05, 0.1) is 12.7 Å². The second-order valence-electron chi connectivity index (χ2n) is 6.49. The number of hydrogen-bond acceptors (Lipinski definition) is 3. The molecule has 0 atom stereocenters. The van der Waals surface area contributed by atoms with Crippen molar-refractivity contribution in [3.05, 3.63) is 28.8 Å². The Morgan fingerprint density at radius 3 is 2.33 bits per heavy atom. The van der Waals surface area contributed by atoms with Crippen LogP contribution in [-0.4, -0.2) is 33.4 Å². The molecule has 0 radical (unpaired) electrons. The van der Waals surface area contributed by atoms with E-state index in [4.69, 9.17) is 20.9 Å². The van der Waals surface area contributed by atoms with Gasteiger partial charge in [-0.15, -0.1) is 0 Å². The summed E-state index contributed by atoms with van der Waals surface area (Å²) in [7, 11) is 0.956. The Morgan fingerprint density at radius 2 is 1.86 bits per heavy atom. The van der Waals surface area contributed by atoms with Gasteiger partial charge in [-0.2, -0.15) is 0 Å². The van der Waals surface area contributed by atoms with Gasteiger partial charge in [-0.3, -0.25) is 9.63 Å². The summed E-state index contributed by atoms with van der Waals surface area (Å²) >= 11 is 6.01. The van der Waals surface area contributed by atoms with Crippen molar-refractivity contribution in [1.29, 1.82) is 0 Å². The first-order valence-electron chi connectivity index (χ1n) is 6.80. The highest BCUT2D eigenvalue weighted by atomic mass is 35.5. The quantitative estimate of drug-likeness (QED) is 0.608. The van der Waals surface area contributed by atoms with Crippen molar-refractivity contribution >= 4 is 25.8 Å². The summed E-state index contributed by atoms with van der Waals surface area (Å²) < 4.78 is 6.25. The number of amides is 1. The minimum Gasteiger partial charge on any atom is -0.543 e. The third kappa shape index (κ3) is 4.22. The highest BCUT2D eigenvalue weighted by Crippen LogP contribution is 2.38. The van der Waals surface area contributed by atoms with E-state index in [0.717, 1.165) is 5.06 Å². The monoisotopic (exact) mass is 329 g/mol. The summed E-state index contributed by atoms with van der Waals surface area (Å²) in [6.07, 6.45) is 0. The Bertz CT molecular complexity index is 526. The number of halogens is 1. The van der Waals surface area contributed by atoms with Gasteiger partial charge in [-0.1, -0.05) is 32.4 Å². The van der Waals surface area contributed by atoms with Gasteiger partial charge in [0.1, 0.15) is 5.75 Å². The minimum absolute atomic E-state index is 0.0418. The fourth-order valence-corrected chi connectivity index (χ4v) is 2.64. The van der Waals surface area contributed by atoms with Crippen LogP contribution in [0.5, 0.6) is 5.75 Å². The third-order valence-corrected chi connectivity index (χ3v) is 8.48. The molecule has 4 nitrogen and oxygen atoms in total. The van der Waals surface area contributed by atoms with Crippen molar-refractivity contribution in [3.63, 3.8) is 0 Å². The Kier molecular flexibility index (Phi) is 5.47. The number of hydrogen-bond donors (Lipinski definition) is 0. The molecule has 0 heterocycles. The van der Waals surface area contributed by atoms with Crippen LogP contribution >= 0.6 is 11.6 Å². The lowest BCUT2D eigenvalue weighted by Gasteiger charge is -2.37. The molecule has 0 N–H and O–H groups in total. The molecule has 0 aliphatic carbocycles. The first-order valence-corrected chi connectivity index (χ1v) is 10.1. The average molecular weight is 330 g/mol. The Hall–Kier alpha value is -1.04. The van der Waals surface area contributed by atoms with Crippen LogP contribution in [0.3, 0.4) is 0 Å². The van der Waals surface area contributed by atoms with Crippen LogP contribution in [0.2, 0.25) is 23.2 Å². The van der Waals surface area contributed by atoms with Gasteiger partial charge in [0, 0.05) is 12.1 Å². The number of hydroxylamine groups is 2. The summed E-state index contributed by atoms with van der Waals surface area (Å²) in [5, 5.41) is 1.69. The summed E-state index contributed by atoms with van der Waals surface area (Å²) in [6.45, 7) is 10.7. The van der Waals surface area contributed by atoms with Crippen LogP contribution in [0.1, 0.15) is 31.1 Å². The van der Waals surface area contributed by atoms with Crippen LogP contribution in [-0.2, 0) is 4.84 Å². The van der Waals surface area contributed by atoms with Crippen molar-refractivity contribution in [3.8, 4) is 5.75 Å². The van der Waals surface area contributed by atoms with Gasteiger partial charge in [0.15, 0.2) is 0 Å². The molecule has 0 unspecified atom stereocenters. The van der Waals surface area contributed by atoms with E-state index in [1.807, 2.05) is 0 Å². The number of nitrogens with zero attached hydrogens (tertiary/aromatic N) is 1. The molecule has 1 rings (SSSR count). The molecule has 118 valence electrons. The maximum absolute atomic E-state index is 12.4.